The van der Waals surface area contributed by atoms with E-state index >= 15 is 0 Å². The van der Waals surface area contributed by atoms with E-state index in [9.17, 15) is 42.3 Å². The third-order valence-corrected chi connectivity index (χ3v) is 13.2. The van der Waals surface area contributed by atoms with Crippen LogP contribution in [0.3, 0.4) is 0 Å². The molecule has 0 bridgehead atoms. The number of carbonyl (C=O) groups is 5. The number of nitriles is 1. The van der Waals surface area contributed by atoms with Gasteiger partial charge < -0.3 is 34.9 Å². The van der Waals surface area contributed by atoms with E-state index < -0.39 is 70.2 Å². The SMILES string of the molecule is Cc1ncsc1-c1ccc(CNC(=O)[C@@H]2C[C@@H](O)CN2C(=O)[C@@H](NC(=O)COCCCOCCCCCOc2ccc(N3C(=O)N(c4ccc(C#N)c(C(F)(F)F)c4)C(=O)C3(C)C)cc2)C(C)(C)C)cc1. The van der Waals surface area contributed by atoms with Gasteiger partial charge >= 0.3 is 12.2 Å². The molecule has 6 amide bonds. The first-order valence-electron chi connectivity index (χ1n) is 23.3. The summed E-state index contributed by atoms with van der Waals surface area (Å²) in [6, 6.07) is 15.7. The number of aromatic nitrogens is 1. The van der Waals surface area contributed by atoms with Gasteiger partial charge in [-0.3, -0.25) is 24.1 Å². The second-order valence-electron chi connectivity index (χ2n) is 19.0. The standard InChI is InChI=1S/C51H60F3N7O9S/c1-32-43(71-31-57-32)34-13-11-33(12-14-34)28-56-45(64)41-26-38(62)29-59(41)46(65)44(49(2,3)4)58-42(63)30-69-23-10-22-68-21-8-7-9-24-70-39-19-17-36(18-20-39)61-48(67)60(47(66)50(61,5)6)37-16-15-35(27-55)40(25-37)51(52,53)54/h11-20,25,31,38,41,44,62H,7-10,21-24,26,28-30H2,1-6H3,(H,56,64)(H,58,63)/t38-,41+,44-/m1/s1. The van der Waals surface area contributed by atoms with Crippen LogP contribution < -0.4 is 25.2 Å². The number of aliphatic hydroxyl groups excluding tert-OH is 1. The monoisotopic (exact) mass is 1000 g/mol. The van der Waals surface area contributed by atoms with Crippen LogP contribution in [0, 0.1) is 23.7 Å². The zero-order valence-electron chi connectivity index (χ0n) is 40.6. The molecule has 0 aliphatic carbocycles. The van der Waals surface area contributed by atoms with Crippen molar-refractivity contribution in [3.05, 3.63) is 94.6 Å². The number of alkyl halides is 3. The molecule has 0 radical (unpaired) electrons. The lowest BCUT2D eigenvalue weighted by Gasteiger charge is -2.35. The fourth-order valence-electron chi connectivity index (χ4n) is 8.34. The highest BCUT2D eigenvalue weighted by atomic mass is 32.1. The molecule has 0 spiro atoms. The van der Waals surface area contributed by atoms with Crippen LogP contribution in [0.2, 0.25) is 0 Å². The van der Waals surface area contributed by atoms with Crippen LogP contribution >= 0.6 is 11.3 Å². The molecule has 1 aromatic heterocycles. The largest absolute Gasteiger partial charge is 0.494 e. The average Bonchev–Trinajstić information content (AvgIpc) is 3.99. The number of likely N-dealkylation sites (tertiary alicyclic amines) is 1. The molecule has 3 aromatic carbocycles. The van der Waals surface area contributed by atoms with Crippen LogP contribution in [0.15, 0.2) is 72.2 Å². The van der Waals surface area contributed by atoms with E-state index in [4.69, 9.17) is 19.5 Å². The fraction of sp³-hybridized carbons (Fsp3) is 0.471. The molecule has 2 saturated heterocycles. The highest BCUT2D eigenvalue weighted by Gasteiger charge is 2.53. The van der Waals surface area contributed by atoms with Gasteiger partial charge in [0.15, 0.2) is 0 Å². The van der Waals surface area contributed by atoms with E-state index in [0.717, 1.165) is 53.1 Å². The van der Waals surface area contributed by atoms with Crippen LogP contribution in [0.1, 0.15) is 89.1 Å². The number of halogens is 3. The van der Waals surface area contributed by atoms with Gasteiger partial charge in [-0.15, -0.1) is 11.3 Å². The van der Waals surface area contributed by atoms with Crippen LogP contribution in [0.25, 0.3) is 10.4 Å². The van der Waals surface area contributed by atoms with Crippen molar-refractivity contribution in [1.29, 1.82) is 5.26 Å². The van der Waals surface area contributed by atoms with Gasteiger partial charge in [0.05, 0.1) is 51.7 Å². The predicted molar refractivity (Wildman–Crippen MR) is 259 cm³/mol. The van der Waals surface area contributed by atoms with Gasteiger partial charge in [-0.05, 0) is 105 Å². The number of imide groups is 1. The van der Waals surface area contributed by atoms with Gasteiger partial charge in [0.25, 0.3) is 5.91 Å². The zero-order valence-corrected chi connectivity index (χ0v) is 41.5. The number of nitrogens with zero attached hydrogens (tertiary/aromatic N) is 5. The molecule has 2 fully saturated rings. The summed E-state index contributed by atoms with van der Waals surface area (Å²) in [6.07, 6.45) is -2.84. The molecule has 2 aliphatic heterocycles. The molecule has 0 unspecified atom stereocenters. The maximum atomic E-state index is 13.9. The molecule has 3 heterocycles. The van der Waals surface area contributed by atoms with Crippen LogP contribution in [0.5, 0.6) is 5.75 Å². The zero-order chi connectivity index (χ0) is 51.7. The second-order valence-corrected chi connectivity index (χ2v) is 19.9. The van der Waals surface area contributed by atoms with Crippen molar-refractivity contribution in [1.82, 2.24) is 20.5 Å². The summed E-state index contributed by atoms with van der Waals surface area (Å²) in [5.41, 5.74) is 0.697. The molecule has 380 valence electrons. The number of thiazole rings is 1. The van der Waals surface area contributed by atoms with E-state index in [1.807, 2.05) is 52.0 Å². The van der Waals surface area contributed by atoms with Gasteiger partial charge in [0.1, 0.15) is 30.0 Å². The number of aryl methyl sites for hydroxylation is 1. The molecule has 3 N–H and O–H groups in total. The number of hydrogen-bond donors (Lipinski definition) is 3. The Kier molecular flexibility index (Phi) is 17.6. The summed E-state index contributed by atoms with van der Waals surface area (Å²) < 4.78 is 58.1. The molecule has 2 aliphatic rings. The van der Waals surface area contributed by atoms with E-state index in [1.165, 1.54) is 29.7 Å². The van der Waals surface area contributed by atoms with Crippen LogP contribution in [0.4, 0.5) is 29.3 Å². The maximum absolute atomic E-state index is 13.9. The maximum Gasteiger partial charge on any atom is 0.417 e. The lowest BCUT2D eigenvalue weighted by atomic mass is 9.85. The smallest absolute Gasteiger partial charge is 0.417 e. The molecule has 71 heavy (non-hydrogen) atoms. The molecule has 0 saturated carbocycles. The lowest BCUT2D eigenvalue weighted by Crippen LogP contribution is -2.58. The van der Waals surface area contributed by atoms with E-state index in [2.05, 4.69) is 15.6 Å². The number of rotatable bonds is 21. The van der Waals surface area contributed by atoms with Crippen molar-refractivity contribution in [2.24, 2.45) is 5.41 Å². The summed E-state index contributed by atoms with van der Waals surface area (Å²) in [5.74, 6) is -1.55. The van der Waals surface area contributed by atoms with E-state index in [0.29, 0.717) is 48.6 Å². The Balaban J connectivity index is 0.851. The van der Waals surface area contributed by atoms with Gasteiger partial charge in [-0.2, -0.15) is 18.4 Å². The van der Waals surface area contributed by atoms with E-state index in [1.54, 1.807) is 41.1 Å². The van der Waals surface area contributed by atoms with Crippen molar-refractivity contribution >= 4 is 52.4 Å². The second kappa shape index (κ2) is 23.2. The summed E-state index contributed by atoms with van der Waals surface area (Å²) in [4.78, 5) is 75.9. The normalized spacial score (nSPS) is 17.3. The molecule has 20 heteroatoms. The highest BCUT2D eigenvalue weighted by molar-refractivity contribution is 7.13. The number of carbonyl (C=O) groups excluding carboxylic acids is 5. The first kappa shape index (κ1) is 53.9. The van der Waals surface area contributed by atoms with Crippen molar-refractivity contribution in [2.45, 2.75) is 110 Å². The van der Waals surface area contributed by atoms with Crippen LogP contribution in [-0.2, 0) is 41.4 Å². The van der Waals surface area contributed by atoms with Gasteiger partial charge in [-0.25, -0.2) is 14.7 Å². The number of aliphatic hydroxyl groups is 1. The minimum atomic E-state index is -4.87. The molecule has 3 atom stereocenters. The summed E-state index contributed by atoms with van der Waals surface area (Å²) >= 11 is 1.56. The van der Waals surface area contributed by atoms with Crippen molar-refractivity contribution in [3.63, 3.8) is 0 Å². The third kappa shape index (κ3) is 13.3. The first-order valence-corrected chi connectivity index (χ1v) is 24.2. The van der Waals surface area contributed by atoms with Gasteiger partial charge in [-0.1, -0.05) is 45.0 Å². The number of urea groups is 1. The molecular weight excluding hydrogens is 944 g/mol. The van der Waals surface area contributed by atoms with Crippen molar-refractivity contribution in [3.8, 4) is 22.3 Å². The first-order chi connectivity index (χ1) is 33.6. The minimum Gasteiger partial charge on any atom is -0.494 e. The van der Waals surface area contributed by atoms with Gasteiger partial charge in [0, 0.05) is 45.0 Å². The quantitative estimate of drug-likeness (QED) is 0.0550. The predicted octanol–water partition coefficient (Wildman–Crippen LogP) is 7.54. The van der Waals surface area contributed by atoms with Gasteiger partial charge in [0.2, 0.25) is 17.7 Å². The fourth-order valence-corrected chi connectivity index (χ4v) is 9.15. The van der Waals surface area contributed by atoms with Crippen molar-refractivity contribution in [2.75, 3.05) is 49.4 Å². The number of hydrogen-bond acceptors (Lipinski definition) is 12. The number of amides is 6. The Morgan fingerprint density at radius 3 is 2.24 bits per heavy atom. The Bertz CT molecular complexity index is 2580. The topological polar surface area (TPSA) is 204 Å². The Hall–Kier alpha value is -6.40. The molecule has 6 rings (SSSR count). The molecular formula is C51H60F3N7O9S. The van der Waals surface area contributed by atoms with E-state index in [-0.39, 0.29) is 44.3 Å². The molecule has 16 nitrogen and oxygen atoms in total. The highest BCUT2D eigenvalue weighted by Crippen LogP contribution is 2.40. The number of ether oxygens (including phenoxy) is 3. The number of anilines is 2. The number of unbranched alkanes of at least 4 members (excludes halogenated alkanes) is 2. The summed E-state index contributed by atoms with van der Waals surface area (Å²) in [7, 11) is 0. The third-order valence-electron chi connectivity index (χ3n) is 12.2. The molecule has 4 aromatic rings. The summed E-state index contributed by atoms with van der Waals surface area (Å²) in [6.45, 7) is 11.9. The average molecular weight is 1000 g/mol. The lowest BCUT2D eigenvalue weighted by molar-refractivity contribution is -0.144. The number of benzene rings is 3. The Morgan fingerprint density at radius 2 is 1.59 bits per heavy atom. The van der Waals surface area contributed by atoms with Crippen LogP contribution in [-0.4, -0.2) is 108 Å². The minimum absolute atomic E-state index is 0.0354. The summed E-state index contributed by atoms with van der Waals surface area (Å²) in [5, 5.41) is 25.4. The van der Waals surface area contributed by atoms with Crippen molar-refractivity contribution < 1.29 is 56.5 Å². The number of β-amino-alcohol motifs (C(OH)–C–C–N with tert-alkyl or cyclic N) is 1. The Labute approximate surface area is 415 Å². The Morgan fingerprint density at radius 1 is 0.930 bits per heavy atom. The number of nitrogens with one attached hydrogen (secondary N) is 2.